The predicted octanol–water partition coefficient (Wildman–Crippen LogP) is 2.90. The average Bonchev–Trinajstić information content (AvgIpc) is 2.49. The highest BCUT2D eigenvalue weighted by Crippen LogP contribution is 2.32. The highest BCUT2D eigenvalue weighted by Gasteiger charge is 2.07. The van der Waals surface area contributed by atoms with Crippen molar-refractivity contribution in [2.75, 3.05) is 25.3 Å². The minimum atomic E-state index is 0.537. The Balaban J connectivity index is 2.32. The number of anilines is 3. The minimum Gasteiger partial charge on any atom is -0.497 e. The van der Waals surface area contributed by atoms with Crippen LogP contribution in [0.2, 0.25) is 0 Å². The molecule has 2 rings (SSSR count). The summed E-state index contributed by atoms with van der Waals surface area (Å²) in [7, 11) is 3.14. The number of ether oxygens (including phenoxy) is 2. The molecule has 0 aliphatic rings. The normalized spacial score (nSPS) is 9.65. The molecule has 0 saturated heterocycles. The Morgan fingerprint density at radius 3 is 2.40 bits per heavy atom. The van der Waals surface area contributed by atoms with E-state index < -0.39 is 0 Å². The number of nitrogens with zero attached hydrogens (tertiary/aromatic N) is 1. The SMILES string of the molecule is COc1ccc(Nc2ccc(C#N)cc2OC)c(N)c1. The number of nitrogens with two attached hydrogens (primary N) is 1. The smallest absolute Gasteiger partial charge is 0.143 e. The number of nitrogen functional groups attached to an aromatic ring is 1. The highest BCUT2D eigenvalue weighted by atomic mass is 16.5. The van der Waals surface area contributed by atoms with Gasteiger partial charge in [0.15, 0.2) is 0 Å². The van der Waals surface area contributed by atoms with Crippen LogP contribution < -0.4 is 20.5 Å². The zero-order valence-electron chi connectivity index (χ0n) is 11.3. The summed E-state index contributed by atoms with van der Waals surface area (Å²) in [5.74, 6) is 1.28. The molecule has 0 aliphatic heterocycles. The van der Waals surface area contributed by atoms with Crippen molar-refractivity contribution in [3.63, 3.8) is 0 Å². The average molecular weight is 269 g/mol. The van der Waals surface area contributed by atoms with Crippen LogP contribution in [0.15, 0.2) is 36.4 Å². The van der Waals surface area contributed by atoms with Crippen LogP contribution in [0.4, 0.5) is 17.1 Å². The van der Waals surface area contributed by atoms with Crippen LogP contribution in [0.5, 0.6) is 11.5 Å². The molecular weight excluding hydrogens is 254 g/mol. The lowest BCUT2D eigenvalue weighted by Gasteiger charge is -2.13. The molecule has 0 amide bonds. The van der Waals surface area contributed by atoms with Gasteiger partial charge in [-0.25, -0.2) is 0 Å². The third kappa shape index (κ3) is 2.75. The zero-order chi connectivity index (χ0) is 14.5. The van der Waals surface area contributed by atoms with Crippen molar-refractivity contribution in [3.8, 4) is 17.6 Å². The summed E-state index contributed by atoms with van der Waals surface area (Å²) in [6.07, 6.45) is 0. The van der Waals surface area contributed by atoms with Gasteiger partial charge in [-0.3, -0.25) is 0 Å². The Morgan fingerprint density at radius 1 is 1.05 bits per heavy atom. The summed E-state index contributed by atoms with van der Waals surface area (Å²) in [5, 5.41) is 12.1. The van der Waals surface area contributed by atoms with Crippen molar-refractivity contribution < 1.29 is 9.47 Å². The van der Waals surface area contributed by atoms with Crippen molar-refractivity contribution in [2.45, 2.75) is 0 Å². The van der Waals surface area contributed by atoms with Crippen LogP contribution in [0.1, 0.15) is 5.56 Å². The van der Waals surface area contributed by atoms with Crippen LogP contribution >= 0.6 is 0 Å². The summed E-state index contributed by atoms with van der Waals surface area (Å²) in [6, 6.07) is 12.6. The fourth-order valence-corrected chi connectivity index (χ4v) is 1.79. The van der Waals surface area contributed by atoms with Gasteiger partial charge < -0.3 is 20.5 Å². The van der Waals surface area contributed by atoms with Crippen LogP contribution in [-0.2, 0) is 0 Å². The fraction of sp³-hybridized carbons (Fsp3) is 0.133. The van der Waals surface area contributed by atoms with Gasteiger partial charge in [0, 0.05) is 12.1 Å². The molecule has 5 heteroatoms. The van der Waals surface area contributed by atoms with Gasteiger partial charge in [0.05, 0.1) is 42.9 Å². The molecule has 5 nitrogen and oxygen atoms in total. The van der Waals surface area contributed by atoms with E-state index in [0.29, 0.717) is 22.7 Å². The monoisotopic (exact) mass is 269 g/mol. The van der Waals surface area contributed by atoms with Crippen LogP contribution in [-0.4, -0.2) is 14.2 Å². The quantitative estimate of drug-likeness (QED) is 0.834. The Labute approximate surface area is 117 Å². The number of nitrogens with one attached hydrogen (secondary N) is 1. The lowest BCUT2D eigenvalue weighted by molar-refractivity contribution is 0.415. The molecule has 0 aliphatic carbocycles. The second kappa shape index (κ2) is 5.85. The van der Waals surface area contributed by atoms with Gasteiger partial charge in [0.25, 0.3) is 0 Å². The third-order valence-electron chi connectivity index (χ3n) is 2.86. The molecular formula is C15H15N3O2. The number of hydrogen-bond acceptors (Lipinski definition) is 5. The lowest BCUT2D eigenvalue weighted by atomic mass is 10.2. The number of benzene rings is 2. The van der Waals surface area contributed by atoms with E-state index in [4.69, 9.17) is 20.5 Å². The van der Waals surface area contributed by atoms with Crippen LogP contribution in [0.25, 0.3) is 0 Å². The largest absolute Gasteiger partial charge is 0.497 e. The Hall–Kier alpha value is -2.87. The Kier molecular flexibility index (Phi) is 3.96. The summed E-state index contributed by atoms with van der Waals surface area (Å²) in [4.78, 5) is 0. The van der Waals surface area contributed by atoms with E-state index in [1.807, 2.05) is 12.1 Å². The number of rotatable bonds is 4. The molecule has 0 radical (unpaired) electrons. The first-order valence-corrected chi connectivity index (χ1v) is 5.96. The number of methoxy groups -OCH3 is 2. The van der Waals surface area contributed by atoms with E-state index in [1.165, 1.54) is 0 Å². The minimum absolute atomic E-state index is 0.537. The molecule has 2 aromatic carbocycles. The van der Waals surface area contributed by atoms with E-state index in [0.717, 1.165) is 11.4 Å². The molecule has 0 spiro atoms. The Morgan fingerprint density at radius 2 is 1.80 bits per heavy atom. The molecule has 0 atom stereocenters. The first-order chi connectivity index (χ1) is 9.67. The first-order valence-electron chi connectivity index (χ1n) is 5.96. The second-order valence-corrected chi connectivity index (χ2v) is 4.11. The lowest BCUT2D eigenvalue weighted by Crippen LogP contribution is -1.99. The molecule has 2 aromatic rings. The standard InChI is InChI=1S/C15H15N3O2/c1-19-11-4-6-13(12(17)8-11)18-14-5-3-10(9-16)7-15(14)20-2/h3-8,18H,17H2,1-2H3. The first kappa shape index (κ1) is 13.6. The zero-order valence-corrected chi connectivity index (χ0v) is 11.3. The summed E-state index contributed by atoms with van der Waals surface area (Å²) in [5.41, 5.74) is 8.54. The summed E-state index contributed by atoms with van der Waals surface area (Å²) >= 11 is 0. The molecule has 0 bridgehead atoms. The maximum absolute atomic E-state index is 8.88. The van der Waals surface area contributed by atoms with Gasteiger partial charge in [-0.05, 0) is 24.3 Å². The van der Waals surface area contributed by atoms with Gasteiger partial charge in [0.1, 0.15) is 11.5 Å². The molecule has 0 heterocycles. The van der Waals surface area contributed by atoms with E-state index in [2.05, 4.69) is 11.4 Å². The number of hydrogen-bond donors (Lipinski definition) is 2. The highest BCUT2D eigenvalue weighted by molar-refractivity contribution is 5.76. The van der Waals surface area contributed by atoms with Crippen molar-refractivity contribution in [1.82, 2.24) is 0 Å². The van der Waals surface area contributed by atoms with Gasteiger partial charge in [-0.2, -0.15) is 5.26 Å². The predicted molar refractivity (Wildman–Crippen MR) is 78.4 cm³/mol. The topological polar surface area (TPSA) is 80.3 Å². The molecule has 0 unspecified atom stereocenters. The molecule has 102 valence electrons. The van der Waals surface area contributed by atoms with Crippen molar-refractivity contribution >= 4 is 17.1 Å². The van der Waals surface area contributed by atoms with E-state index in [-0.39, 0.29) is 0 Å². The molecule has 3 N–H and O–H groups in total. The van der Waals surface area contributed by atoms with Gasteiger partial charge >= 0.3 is 0 Å². The van der Waals surface area contributed by atoms with Gasteiger partial charge in [0.2, 0.25) is 0 Å². The van der Waals surface area contributed by atoms with Crippen LogP contribution in [0, 0.1) is 11.3 Å². The summed E-state index contributed by atoms with van der Waals surface area (Å²) in [6.45, 7) is 0. The third-order valence-corrected chi connectivity index (χ3v) is 2.86. The maximum atomic E-state index is 8.88. The number of nitriles is 1. The van der Waals surface area contributed by atoms with Gasteiger partial charge in [-0.1, -0.05) is 0 Å². The molecule has 0 fully saturated rings. The molecule has 0 aromatic heterocycles. The fourth-order valence-electron chi connectivity index (χ4n) is 1.79. The molecule has 20 heavy (non-hydrogen) atoms. The summed E-state index contributed by atoms with van der Waals surface area (Å²) < 4.78 is 10.4. The van der Waals surface area contributed by atoms with Crippen molar-refractivity contribution in [2.24, 2.45) is 0 Å². The van der Waals surface area contributed by atoms with Gasteiger partial charge in [-0.15, -0.1) is 0 Å². The maximum Gasteiger partial charge on any atom is 0.143 e. The second-order valence-electron chi connectivity index (χ2n) is 4.11. The van der Waals surface area contributed by atoms with E-state index in [1.54, 1.807) is 38.5 Å². The van der Waals surface area contributed by atoms with Crippen molar-refractivity contribution in [3.05, 3.63) is 42.0 Å². The molecule has 0 saturated carbocycles. The van der Waals surface area contributed by atoms with Crippen LogP contribution in [0.3, 0.4) is 0 Å². The Bertz CT molecular complexity index is 663. The van der Waals surface area contributed by atoms with E-state index in [9.17, 15) is 0 Å². The van der Waals surface area contributed by atoms with Crippen molar-refractivity contribution in [1.29, 1.82) is 5.26 Å². The van der Waals surface area contributed by atoms with E-state index >= 15 is 0 Å².